The van der Waals surface area contributed by atoms with Crippen LogP contribution in [0.1, 0.15) is 53.1 Å². The van der Waals surface area contributed by atoms with Gasteiger partial charge in [-0.05, 0) is 55.4 Å². The summed E-state index contributed by atoms with van der Waals surface area (Å²) in [4.78, 5) is 26.4. The van der Waals surface area contributed by atoms with Gasteiger partial charge in [0, 0.05) is 4.88 Å². The fourth-order valence-corrected chi connectivity index (χ4v) is 4.98. The number of ether oxygens (including phenoxy) is 2. The summed E-state index contributed by atoms with van der Waals surface area (Å²) < 4.78 is 10.4. The molecule has 1 amide bonds. The Hall–Kier alpha value is -2.34. The second-order valence-corrected chi connectivity index (χ2v) is 8.12. The van der Waals surface area contributed by atoms with Crippen molar-refractivity contribution in [1.82, 2.24) is 0 Å². The minimum Gasteiger partial charge on any atom is -0.497 e. The van der Waals surface area contributed by atoms with Crippen molar-refractivity contribution >= 4 is 28.2 Å². The van der Waals surface area contributed by atoms with Gasteiger partial charge in [0.15, 0.2) is 0 Å². The van der Waals surface area contributed by atoms with E-state index in [-0.39, 0.29) is 18.3 Å². The van der Waals surface area contributed by atoms with Crippen LogP contribution in [0.4, 0.5) is 5.00 Å². The molecule has 6 heteroatoms. The summed E-state index contributed by atoms with van der Waals surface area (Å²) in [6, 6.07) is 7.41. The Morgan fingerprint density at radius 3 is 2.61 bits per heavy atom. The monoisotopic (exact) mass is 401 g/mol. The Labute approximate surface area is 170 Å². The lowest BCUT2D eigenvalue weighted by molar-refractivity contribution is -0.115. The van der Waals surface area contributed by atoms with E-state index in [0.717, 1.165) is 42.6 Å². The zero-order valence-corrected chi connectivity index (χ0v) is 17.5. The van der Waals surface area contributed by atoms with Crippen molar-refractivity contribution < 1.29 is 19.1 Å². The molecule has 150 valence electrons. The number of anilines is 1. The zero-order chi connectivity index (χ0) is 20.1. The average Bonchev–Trinajstić information content (AvgIpc) is 3.05. The molecule has 28 heavy (non-hydrogen) atoms. The van der Waals surface area contributed by atoms with Crippen LogP contribution < -0.4 is 10.1 Å². The molecule has 1 N–H and O–H groups in total. The summed E-state index contributed by atoms with van der Waals surface area (Å²) in [7, 11) is 1.61. The third kappa shape index (κ3) is 4.55. The molecule has 0 saturated heterocycles. The summed E-state index contributed by atoms with van der Waals surface area (Å²) in [5, 5.41) is 3.59. The predicted octanol–water partition coefficient (Wildman–Crippen LogP) is 4.63. The molecule has 1 aromatic carbocycles. The van der Waals surface area contributed by atoms with Gasteiger partial charge in [0.2, 0.25) is 5.91 Å². The number of hydrogen-bond donors (Lipinski definition) is 1. The molecule has 1 heterocycles. The summed E-state index contributed by atoms with van der Waals surface area (Å²) in [6.07, 6.45) is 4.29. The van der Waals surface area contributed by atoms with Crippen LogP contribution in [0.3, 0.4) is 0 Å². The van der Waals surface area contributed by atoms with Crippen molar-refractivity contribution in [2.75, 3.05) is 19.0 Å². The second-order valence-electron chi connectivity index (χ2n) is 7.02. The van der Waals surface area contributed by atoms with Gasteiger partial charge < -0.3 is 14.8 Å². The molecule has 0 fully saturated rings. The van der Waals surface area contributed by atoms with Crippen LogP contribution in [0, 0.1) is 5.92 Å². The number of hydrogen-bond acceptors (Lipinski definition) is 5. The lowest BCUT2D eigenvalue weighted by Crippen LogP contribution is -2.18. The van der Waals surface area contributed by atoms with E-state index >= 15 is 0 Å². The molecule has 0 spiro atoms. The smallest absolute Gasteiger partial charge is 0.341 e. The van der Waals surface area contributed by atoms with Crippen LogP contribution in [0.5, 0.6) is 5.75 Å². The van der Waals surface area contributed by atoms with Crippen LogP contribution >= 0.6 is 11.3 Å². The fourth-order valence-electron chi connectivity index (χ4n) is 3.61. The summed E-state index contributed by atoms with van der Waals surface area (Å²) in [6.45, 7) is 4.32. The minimum absolute atomic E-state index is 0.138. The number of carbonyl (C=O) groups is 2. The second kappa shape index (κ2) is 9.24. The molecule has 1 atom stereocenters. The van der Waals surface area contributed by atoms with Crippen LogP contribution in [0.25, 0.3) is 0 Å². The number of carbonyl (C=O) groups excluding carboxylic acids is 2. The van der Waals surface area contributed by atoms with E-state index < -0.39 is 0 Å². The van der Waals surface area contributed by atoms with E-state index in [0.29, 0.717) is 23.1 Å². The van der Waals surface area contributed by atoms with E-state index in [9.17, 15) is 9.59 Å². The molecule has 1 aromatic heterocycles. The molecule has 3 rings (SSSR count). The van der Waals surface area contributed by atoms with Crippen molar-refractivity contribution in [2.45, 2.75) is 46.0 Å². The minimum atomic E-state index is -0.338. The first kappa shape index (κ1) is 20.4. The Kier molecular flexibility index (Phi) is 6.73. The summed E-state index contributed by atoms with van der Waals surface area (Å²) >= 11 is 1.53. The fraction of sp³-hybridized carbons (Fsp3) is 0.455. The molecule has 1 aliphatic carbocycles. The number of amides is 1. The van der Waals surface area contributed by atoms with Crippen molar-refractivity contribution in [3.8, 4) is 5.75 Å². The highest BCUT2D eigenvalue weighted by Crippen LogP contribution is 2.40. The van der Waals surface area contributed by atoms with Gasteiger partial charge in [-0.1, -0.05) is 25.5 Å². The standard InChI is InChI=1S/C22H27NO4S/c1-4-14-8-11-17-18(12-14)28-21(20(17)22(25)27-5-2)23-19(24)13-15-6-9-16(26-3)10-7-15/h6-7,9-10,14H,4-5,8,11-13H2,1-3H3,(H,23,24). The first-order valence-corrected chi connectivity index (χ1v) is 10.6. The Balaban J connectivity index is 1.80. The molecular weight excluding hydrogens is 374 g/mol. The van der Waals surface area contributed by atoms with Gasteiger partial charge in [-0.2, -0.15) is 0 Å². The van der Waals surface area contributed by atoms with Gasteiger partial charge in [-0.3, -0.25) is 4.79 Å². The number of methoxy groups -OCH3 is 1. The Morgan fingerprint density at radius 1 is 1.21 bits per heavy atom. The molecule has 1 unspecified atom stereocenters. The molecule has 5 nitrogen and oxygen atoms in total. The number of esters is 1. The maximum atomic E-state index is 12.6. The highest BCUT2D eigenvalue weighted by atomic mass is 32.1. The van der Waals surface area contributed by atoms with Crippen LogP contribution in [0.15, 0.2) is 24.3 Å². The number of benzene rings is 1. The first-order valence-electron chi connectivity index (χ1n) is 9.80. The van der Waals surface area contributed by atoms with Gasteiger partial charge in [-0.25, -0.2) is 4.79 Å². The zero-order valence-electron chi connectivity index (χ0n) is 16.7. The lowest BCUT2D eigenvalue weighted by atomic mass is 9.85. The topological polar surface area (TPSA) is 64.6 Å². The number of fused-ring (bicyclic) bond motifs is 1. The molecule has 0 bridgehead atoms. The summed E-state index contributed by atoms with van der Waals surface area (Å²) in [5.41, 5.74) is 2.51. The van der Waals surface area contributed by atoms with E-state index in [1.165, 1.54) is 16.2 Å². The first-order chi connectivity index (χ1) is 13.5. The SMILES string of the molecule is CCOC(=O)c1c(NC(=O)Cc2ccc(OC)cc2)sc2c1CCC(CC)C2. The number of nitrogens with one attached hydrogen (secondary N) is 1. The average molecular weight is 402 g/mol. The molecule has 1 aliphatic rings. The highest BCUT2D eigenvalue weighted by Gasteiger charge is 2.29. The van der Waals surface area contributed by atoms with E-state index in [1.807, 2.05) is 24.3 Å². The van der Waals surface area contributed by atoms with Crippen molar-refractivity contribution in [1.29, 1.82) is 0 Å². The number of thiophene rings is 1. The van der Waals surface area contributed by atoms with Crippen molar-refractivity contribution in [3.05, 3.63) is 45.8 Å². The largest absolute Gasteiger partial charge is 0.497 e. The quantitative estimate of drug-likeness (QED) is 0.687. The van der Waals surface area contributed by atoms with Gasteiger partial charge in [0.05, 0.1) is 25.7 Å². The molecule has 0 radical (unpaired) electrons. The van der Waals surface area contributed by atoms with Gasteiger partial charge >= 0.3 is 5.97 Å². The third-order valence-electron chi connectivity index (χ3n) is 5.20. The predicted molar refractivity (Wildman–Crippen MR) is 111 cm³/mol. The van der Waals surface area contributed by atoms with Crippen molar-refractivity contribution in [2.24, 2.45) is 5.92 Å². The maximum absolute atomic E-state index is 12.6. The van der Waals surface area contributed by atoms with Gasteiger partial charge in [-0.15, -0.1) is 11.3 Å². The lowest BCUT2D eigenvalue weighted by Gasteiger charge is -2.20. The maximum Gasteiger partial charge on any atom is 0.341 e. The van der Waals surface area contributed by atoms with E-state index in [2.05, 4.69) is 12.2 Å². The Morgan fingerprint density at radius 2 is 1.96 bits per heavy atom. The number of rotatable bonds is 7. The van der Waals surface area contributed by atoms with Crippen LogP contribution in [-0.2, 0) is 28.8 Å². The van der Waals surface area contributed by atoms with Crippen molar-refractivity contribution in [3.63, 3.8) is 0 Å². The van der Waals surface area contributed by atoms with Crippen LogP contribution in [-0.4, -0.2) is 25.6 Å². The van der Waals surface area contributed by atoms with Crippen LogP contribution in [0.2, 0.25) is 0 Å². The highest BCUT2D eigenvalue weighted by molar-refractivity contribution is 7.17. The molecule has 0 aliphatic heterocycles. The normalized spacial score (nSPS) is 15.6. The van der Waals surface area contributed by atoms with Gasteiger partial charge in [0.25, 0.3) is 0 Å². The Bertz CT molecular complexity index is 841. The molecule has 2 aromatic rings. The van der Waals surface area contributed by atoms with E-state index in [4.69, 9.17) is 9.47 Å². The molecule has 0 saturated carbocycles. The third-order valence-corrected chi connectivity index (χ3v) is 6.37. The molecular formula is C22H27NO4S. The van der Waals surface area contributed by atoms with Gasteiger partial charge in [0.1, 0.15) is 10.8 Å². The van der Waals surface area contributed by atoms with E-state index in [1.54, 1.807) is 14.0 Å². The summed E-state index contributed by atoms with van der Waals surface area (Å²) in [5.74, 6) is 0.922.